The van der Waals surface area contributed by atoms with Gasteiger partial charge in [0.1, 0.15) is 11.7 Å². The Hall–Kier alpha value is -3.38. The number of benzene rings is 1. The number of aromatic carboxylic acids is 1. The average Bonchev–Trinajstić information content (AvgIpc) is 3.59. The highest BCUT2D eigenvalue weighted by Crippen LogP contribution is 2.49. The zero-order valence-electron chi connectivity index (χ0n) is 18.3. The summed E-state index contributed by atoms with van der Waals surface area (Å²) in [6.45, 7) is -0.275. The van der Waals surface area contributed by atoms with Crippen molar-refractivity contribution in [2.24, 2.45) is 17.6 Å². The van der Waals surface area contributed by atoms with Crippen LogP contribution in [0, 0.1) is 23.2 Å². The number of para-hydroxylation sites is 1. The topological polar surface area (TPSA) is 158 Å². The van der Waals surface area contributed by atoms with Gasteiger partial charge < -0.3 is 25.8 Å². The smallest absolute Gasteiger partial charge is 0.352 e. The number of carbonyl (C=O) groups excluding carboxylic acids is 2. The van der Waals surface area contributed by atoms with Gasteiger partial charge in [-0.3, -0.25) is 9.59 Å². The van der Waals surface area contributed by atoms with Gasteiger partial charge in [0.25, 0.3) is 0 Å². The van der Waals surface area contributed by atoms with Gasteiger partial charge in [0, 0.05) is 23.0 Å². The van der Waals surface area contributed by atoms with Crippen molar-refractivity contribution in [3.8, 4) is 6.07 Å². The summed E-state index contributed by atoms with van der Waals surface area (Å²) in [5.41, 5.74) is 5.11. The van der Waals surface area contributed by atoms with Crippen molar-refractivity contribution in [2.75, 3.05) is 6.61 Å². The minimum atomic E-state index is -1.54. The van der Waals surface area contributed by atoms with Gasteiger partial charge in [-0.2, -0.15) is 5.26 Å². The molecule has 2 fully saturated rings. The summed E-state index contributed by atoms with van der Waals surface area (Å²) < 4.78 is 1.48. The maximum absolute atomic E-state index is 13.5. The molecule has 33 heavy (non-hydrogen) atoms. The number of carboxylic acid groups (broad SMARTS) is 1. The van der Waals surface area contributed by atoms with Gasteiger partial charge in [-0.25, -0.2) is 4.79 Å². The molecule has 1 unspecified atom stereocenters. The Kier molecular flexibility index (Phi) is 6.13. The van der Waals surface area contributed by atoms with E-state index in [2.05, 4.69) is 11.4 Å². The Labute approximate surface area is 191 Å². The van der Waals surface area contributed by atoms with Crippen LogP contribution in [-0.2, 0) is 21.5 Å². The highest BCUT2D eigenvalue weighted by atomic mass is 16.4. The van der Waals surface area contributed by atoms with E-state index in [0.29, 0.717) is 30.2 Å². The molecule has 1 aromatic carbocycles. The summed E-state index contributed by atoms with van der Waals surface area (Å²) in [7, 11) is 0. The zero-order chi connectivity index (χ0) is 23.8. The molecule has 2 aliphatic rings. The molecule has 2 amide bonds. The number of aliphatic hydroxyl groups excluding tert-OH is 1. The van der Waals surface area contributed by atoms with Crippen LogP contribution in [-0.4, -0.2) is 45.2 Å². The molecule has 0 saturated heterocycles. The van der Waals surface area contributed by atoms with E-state index in [-0.39, 0.29) is 36.7 Å². The second-order valence-electron chi connectivity index (χ2n) is 9.01. The minimum Gasteiger partial charge on any atom is -0.477 e. The molecular formula is C24H28N4O5. The fourth-order valence-electron chi connectivity index (χ4n) is 5.49. The first-order valence-electron chi connectivity index (χ1n) is 11.3. The van der Waals surface area contributed by atoms with E-state index in [4.69, 9.17) is 5.73 Å². The maximum Gasteiger partial charge on any atom is 0.352 e. The highest BCUT2D eigenvalue weighted by Gasteiger charge is 2.54. The maximum atomic E-state index is 13.5. The molecule has 2 aliphatic carbocycles. The van der Waals surface area contributed by atoms with E-state index in [9.17, 15) is 29.9 Å². The van der Waals surface area contributed by atoms with Gasteiger partial charge in [0.05, 0.1) is 24.0 Å². The predicted molar refractivity (Wildman–Crippen MR) is 119 cm³/mol. The van der Waals surface area contributed by atoms with Crippen LogP contribution in [0.2, 0.25) is 0 Å². The van der Waals surface area contributed by atoms with Gasteiger partial charge >= 0.3 is 5.97 Å². The number of nitrogens with two attached hydrogens (primary N) is 1. The number of carbonyl (C=O) groups is 3. The van der Waals surface area contributed by atoms with E-state index >= 15 is 0 Å². The first kappa shape index (κ1) is 22.8. The largest absolute Gasteiger partial charge is 0.477 e. The van der Waals surface area contributed by atoms with E-state index in [1.807, 2.05) is 0 Å². The lowest BCUT2D eigenvalue weighted by molar-refractivity contribution is -0.137. The fraction of sp³-hybridized carbons (Fsp3) is 0.500. The van der Waals surface area contributed by atoms with Gasteiger partial charge in [-0.15, -0.1) is 0 Å². The number of nitrogens with zero attached hydrogens (tertiary/aromatic N) is 2. The molecule has 5 N–H and O–H groups in total. The van der Waals surface area contributed by atoms with Crippen LogP contribution in [0.25, 0.3) is 10.9 Å². The summed E-state index contributed by atoms with van der Waals surface area (Å²) in [5, 5.41) is 32.6. The number of aromatic nitrogens is 1. The standard InChI is InChI=1S/C24H28N4O5/c25-13-17(14-8-9-14)27-21(30)16-6-3-4-10-24(16,23(26)33)19-15-5-1-2-7-18(15)28(11-12-29)20(19)22(31)32/h1-2,5,7,14,16-17,29H,3-4,6,8-12H2,(H2,26,33)(H,27,30)(H,31,32)/t16-,17?,24-/m0/s1. The van der Waals surface area contributed by atoms with E-state index in [1.54, 1.807) is 24.3 Å². The van der Waals surface area contributed by atoms with Crippen molar-refractivity contribution in [3.63, 3.8) is 0 Å². The van der Waals surface area contributed by atoms with Crippen LogP contribution in [0.1, 0.15) is 54.6 Å². The number of rotatable bonds is 8. The molecule has 3 atom stereocenters. The van der Waals surface area contributed by atoms with E-state index in [0.717, 1.165) is 12.8 Å². The normalized spacial score (nSPS) is 23.6. The van der Waals surface area contributed by atoms with Crippen molar-refractivity contribution in [2.45, 2.75) is 56.5 Å². The van der Waals surface area contributed by atoms with Crippen LogP contribution in [0.3, 0.4) is 0 Å². The van der Waals surface area contributed by atoms with Gasteiger partial charge in [0.15, 0.2) is 0 Å². The number of hydrogen-bond acceptors (Lipinski definition) is 5. The third-order valence-electron chi connectivity index (χ3n) is 7.14. The van der Waals surface area contributed by atoms with Crippen LogP contribution in [0.4, 0.5) is 0 Å². The summed E-state index contributed by atoms with van der Waals surface area (Å²) in [6, 6.07) is 8.44. The lowest BCUT2D eigenvalue weighted by atomic mass is 9.60. The Balaban J connectivity index is 1.93. The molecular weight excluding hydrogens is 424 g/mol. The molecule has 0 bridgehead atoms. The number of carboxylic acids is 1. The summed E-state index contributed by atoms with van der Waals surface area (Å²) >= 11 is 0. The lowest BCUT2D eigenvalue weighted by Gasteiger charge is -2.41. The Morgan fingerprint density at radius 1 is 1.24 bits per heavy atom. The number of hydrogen-bond donors (Lipinski definition) is 4. The highest BCUT2D eigenvalue weighted by molar-refractivity contribution is 6.06. The third-order valence-corrected chi connectivity index (χ3v) is 7.14. The van der Waals surface area contributed by atoms with Gasteiger partial charge in [0.2, 0.25) is 11.8 Å². The van der Waals surface area contributed by atoms with Crippen molar-refractivity contribution in [1.29, 1.82) is 5.26 Å². The second-order valence-corrected chi connectivity index (χ2v) is 9.01. The summed E-state index contributed by atoms with van der Waals surface area (Å²) in [5.74, 6) is -3.25. The number of nitriles is 1. The van der Waals surface area contributed by atoms with E-state index < -0.39 is 35.2 Å². The van der Waals surface area contributed by atoms with Crippen molar-refractivity contribution >= 4 is 28.7 Å². The predicted octanol–water partition coefficient (Wildman–Crippen LogP) is 1.66. The van der Waals surface area contributed by atoms with Crippen molar-refractivity contribution < 1.29 is 24.6 Å². The third kappa shape index (κ3) is 3.74. The Morgan fingerprint density at radius 3 is 2.58 bits per heavy atom. The quantitative estimate of drug-likeness (QED) is 0.477. The number of primary amides is 1. The molecule has 1 heterocycles. The molecule has 2 aromatic rings. The number of amides is 2. The van der Waals surface area contributed by atoms with Crippen molar-refractivity contribution in [1.82, 2.24) is 9.88 Å². The Morgan fingerprint density at radius 2 is 1.97 bits per heavy atom. The van der Waals surface area contributed by atoms with Gasteiger partial charge in [-0.05, 0) is 37.7 Å². The Bertz CT molecular complexity index is 1150. The van der Waals surface area contributed by atoms with Crippen LogP contribution in [0.15, 0.2) is 24.3 Å². The SMILES string of the molecule is N#CC(NC(=O)[C@@H]1CCCC[C@@]1(C(N)=O)c1c(C(=O)O)n(CCO)c2ccccc12)C1CC1. The van der Waals surface area contributed by atoms with Crippen molar-refractivity contribution in [3.05, 3.63) is 35.5 Å². The van der Waals surface area contributed by atoms with Crippen LogP contribution < -0.4 is 11.1 Å². The van der Waals surface area contributed by atoms with Gasteiger partial charge in [-0.1, -0.05) is 31.0 Å². The lowest BCUT2D eigenvalue weighted by Crippen LogP contribution is -2.56. The monoisotopic (exact) mass is 452 g/mol. The number of fused-ring (bicyclic) bond motifs is 1. The first-order chi connectivity index (χ1) is 15.9. The second kappa shape index (κ2) is 8.87. The fourth-order valence-corrected chi connectivity index (χ4v) is 5.49. The zero-order valence-corrected chi connectivity index (χ0v) is 18.3. The summed E-state index contributed by atoms with van der Waals surface area (Å²) in [4.78, 5) is 39.2. The molecule has 0 spiro atoms. The first-order valence-corrected chi connectivity index (χ1v) is 11.3. The molecule has 0 radical (unpaired) electrons. The molecule has 9 heteroatoms. The molecule has 0 aliphatic heterocycles. The molecule has 2 saturated carbocycles. The molecule has 174 valence electrons. The van der Waals surface area contributed by atoms with E-state index in [1.165, 1.54) is 4.57 Å². The van der Waals surface area contributed by atoms with Crippen LogP contribution in [0.5, 0.6) is 0 Å². The summed E-state index contributed by atoms with van der Waals surface area (Å²) in [6.07, 6.45) is 3.61. The number of nitrogens with one attached hydrogen (secondary N) is 1. The van der Waals surface area contributed by atoms with Crippen LogP contribution >= 0.6 is 0 Å². The molecule has 1 aromatic heterocycles. The average molecular weight is 453 g/mol. The molecule has 4 rings (SSSR count). The minimum absolute atomic E-state index is 0.0199. The number of aliphatic hydroxyl groups is 1. The molecule has 9 nitrogen and oxygen atoms in total.